The van der Waals surface area contributed by atoms with Gasteiger partial charge in [0.05, 0.1) is 27.5 Å². The Labute approximate surface area is 118 Å². The minimum absolute atomic E-state index is 0.766. The number of hydrogen-bond donors (Lipinski definition) is 2. The molecule has 0 aromatic carbocycles. The molecule has 0 radical (unpaired) electrons. The minimum atomic E-state index is 0.766. The summed E-state index contributed by atoms with van der Waals surface area (Å²) in [5.41, 5.74) is 3.98. The van der Waals surface area contributed by atoms with Crippen molar-refractivity contribution in [2.24, 2.45) is 0 Å². The molecule has 4 aromatic heterocycles. The van der Waals surface area contributed by atoms with Crippen molar-refractivity contribution >= 4 is 44.1 Å². The summed E-state index contributed by atoms with van der Waals surface area (Å²) in [6.45, 7) is 2.08. The van der Waals surface area contributed by atoms with Gasteiger partial charge in [-0.15, -0.1) is 11.3 Å². The van der Waals surface area contributed by atoms with E-state index in [0.29, 0.717) is 0 Å². The molecule has 4 aromatic rings. The Bertz CT molecular complexity index is 908. The predicted octanol–water partition coefficient (Wildman–Crippen LogP) is 3.62. The van der Waals surface area contributed by atoms with E-state index in [4.69, 9.17) is 0 Å². The molecule has 4 rings (SSSR count). The smallest absolute Gasteiger partial charge is 0.161 e. The second kappa shape index (κ2) is 4.28. The van der Waals surface area contributed by atoms with Gasteiger partial charge >= 0.3 is 0 Å². The molecule has 0 aliphatic heterocycles. The molecule has 0 fully saturated rings. The van der Waals surface area contributed by atoms with Gasteiger partial charge in [0.2, 0.25) is 0 Å². The van der Waals surface area contributed by atoms with Crippen LogP contribution in [0.2, 0.25) is 0 Å². The van der Waals surface area contributed by atoms with Crippen molar-refractivity contribution in [1.29, 1.82) is 0 Å². The van der Waals surface area contributed by atoms with Crippen molar-refractivity contribution < 1.29 is 0 Å². The largest absolute Gasteiger partial charge is 0.337 e. The zero-order valence-corrected chi connectivity index (χ0v) is 11.5. The van der Waals surface area contributed by atoms with Gasteiger partial charge in [-0.1, -0.05) is 0 Å². The van der Waals surface area contributed by atoms with E-state index in [1.807, 2.05) is 18.3 Å². The van der Waals surface area contributed by atoms with Crippen molar-refractivity contribution in [1.82, 2.24) is 20.2 Å². The average molecular weight is 281 g/mol. The van der Waals surface area contributed by atoms with Crippen LogP contribution in [0, 0.1) is 6.92 Å². The third kappa shape index (κ3) is 1.73. The van der Waals surface area contributed by atoms with Gasteiger partial charge in [0.15, 0.2) is 11.5 Å². The van der Waals surface area contributed by atoms with E-state index >= 15 is 0 Å². The fourth-order valence-corrected chi connectivity index (χ4v) is 3.13. The minimum Gasteiger partial charge on any atom is -0.337 e. The first-order chi connectivity index (χ1) is 9.81. The zero-order chi connectivity index (χ0) is 13.5. The summed E-state index contributed by atoms with van der Waals surface area (Å²) >= 11 is 1.70. The number of anilines is 2. The standard InChI is InChI=1S/C14H11N5S/c1-8-7-20-11-5-9(6-16-12(8)11)17-14-10-3-2-4-15-13(10)18-19-14/h2-7H,1H3,(H2,15,17,18,19). The van der Waals surface area contributed by atoms with Gasteiger partial charge in [-0.25, -0.2) is 4.98 Å². The number of rotatable bonds is 2. The van der Waals surface area contributed by atoms with Gasteiger partial charge in [-0.2, -0.15) is 5.10 Å². The summed E-state index contributed by atoms with van der Waals surface area (Å²) < 4.78 is 1.17. The van der Waals surface area contributed by atoms with Crippen LogP contribution in [0.3, 0.4) is 0 Å². The van der Waals surface area contributed by atoms with Crippen molar-refractivity contribution in [3.05, 3.63) is 41.5 Å². The van der Waals surface area contributed by atoms with Gasteiger partial charge in [-0.05, 0) is 36.1 Å². The molecular weight excluding hydrogens is 270 g/mol. The fraction of sp³-hybridized carbons (Fsp3) is 0.0714. The number of aryl methyl sites for hydroxylation is 1. The third-order valence-corrected chi connectivity index (χ3v) is 4.22. The number of aromatic nitrogens is 4. The van der Waals surface area contributed by atoms with E-state index < -0.39 is 0 Å². The van der Waals surface area contributed by atoms with E-state index in [1.165, 1.54) is 10.3 Å². The first-order valence-electron chi connectivity index (χ1n) is 6.21. The maximum atomic E-state index is 4.50. The first-order valence-corrected chi connectivity index (χ1v) is 7.09. The predicted molar refractivity (Wildman–Crippen MR) is 81.5 cm³/mol. The Kier molecular flexibility index (Phi) is 2.43. The van der Waals surface area contributed by atoms with Gasteiger partial charge < -0.3 is 5.32 Å². The van der Waals surface area contributed by atoms with Gasteiger partial charge in [0.25, 0.3) is 0 Å². The van der Waals surface area contributed by atoms with E-state index in [0.717, 1.165) is 28.1 Å². The second-order valence-electron chi connectivity index (χ2n) is 4.59. The molecular formula is C14H11N5S. The van der Waals surface area contributed by atoms with E-state index in [2.05, 4.69) is 43.9 Å². The maximum Gasteiger partial charge on any atom is 0.161 e. The fourth-order valence-electron chi connectivity index (χ4n) is 2.19. The van der Waals surface area contributed by atoms with E-state index in [1.54, 1.807) is 17.5 Å². The second-order valence-corrected chi connectivity index (χ2v) is 5.50. The van der Waals surface area contributed by atoms with Crippen LogP contribution in [0.5, 0.6) is 0 Å². The normalized spacial score (nSPS) is 11.2. The topological polar surface area (TPSA) is 66.5 Å². The molecule has 0 saturated carbocycles. The third-order valence-electron chi connectivity index (χ3n) is 3.19. The zero-order valence-electron chi connectivity index (χ0n) is 10.7. The van der Waals surface area contributed by atoms with Crippen LogP contribution >= 0.6 is 11.3 Å². The Morgan fingerprint density at radius 3 is 3.20 bits per heavy atom. The Morgan fingerprint density at radius 1 is 1.30 bits per heavy atom. The molecule has 4 heterocycles. The molecule has 0 aliphatic rings. The number of thiophene rings is 1. The van der Waals surface area contributed by atoms with Crippen molar-refractivity contribution in [2.75, 3.05) is 5.32 Å². The van der Waals surface area contributed by atoms with Gasteiger partial charge in [0.1, 0.15) is 0 Å². The van der Waals surface area contributed by atoms with Crippen LogP contribution in [-0.2, 0) is 0 Å². The molecule has 6 heteroatoms. The molecule has 0 amide bonds. The highest BCUT2D eigenvalue weighted by Gasteiger charge is 2.08. The van der Waals surface area contributed by atoms with Crippen LogP contribution in [0.1, 0.15) is 5.56 Å². The lowest BCUT2D eigenvalue weighted by Gasteiger charge is -2.03. The molecule has 98 valence electrons. The van der Waals surface area contributed by atoms with Crippen molar-refractivity contribution in [2.45, 2.75) is 6.92 Å². The Balaban J connectivity index is 1.76. The summed E-state index contributed by atoms with van der Waals surface area (Å²) in [6, 6.07) is 5.97. The molecule has 0 saturated heterocycles. The van der Waals surface area contributed by atoms with Crippen LogP contribution in [0.25, 0.3) is 21.3 Å². The molecule has 20 heavy (non-hydrogen) atoms. The summed E-state index contributed by atoms with van der Waals surface area (Å²) in [7, 11) is 0. The highest BCUT2D eigenvalue weighted by Crippen LogP contribution is 2.28. The lowest BCUT2D eigenvalue weighted by Crippen LogP contribution is -1.92. The molecule has 0 aliphatic carbocycles. The lowest BCUT2D eigenvalue weighted by molar-refractivity contribution is 1.10. The highest BCUT2D eigenvalue weighted by molar-refractivity contribution is 7.17. The van der Waals surface area contributed by atoms with Gasteiger partial charge in [-0.3, -0.25) is 10.1 Å². The number of fused-ring (bicyclic) bond motifs is 2. The molecule has 0 spiro atoms. The van der Waals surface area contributed by atoms with Crippen molar-refractivity contribution in [3.8, 4) is 0 Å². The maximum absolute atomic E-state index is 4.50. The van der Waals surface area contributed by atoms with Crippen molar-refractivity contribution in [3.63, 3.8) is 0 Å². The van der Waals surface area contributed by atoms with Crippen LogP contribution in [0.4, 0.5) is 11.5 Å². The average Bonchev–Trinajstić information content (AvgIpc) is 3.04. The highest BCUT2D eigenvalue weighted by atomic mass is 32.1. The summed E-state index contributed by atoms with van der Waals surface area (Å²) in [4.78, 5) is 8.72. The molecule has 0 unspecified atom stereocenters. The number of nitrogens with one attached hydrogen (secondary N) is 2. The SMILES string of the molecule is Cc1csc2cc(Nc3n[nH]c4ncccc34)cnc12. The summed E-state index contributed by atoms with van der Waals surface area (Å²) in [5.74, 6) is 0.766. The van der Waals surface area contributed by atoms with Crippen LogP contribution in [0.15, 0.2) is 36.0 Å². The van der Waals surface area contributed by atoms with E-state index in [-0.39, 0.29) is 0 Å². The number of nitrogens with zero attached hydrogens (tertiary/aromatic N) is 3. The van der Waals surface area contributed by atoms with Crippen LogP contribution < -0.4 is 5.32 Å². The lowest BCUT2D eigenvalue weighted by atomic mass is 10.3. The van der Waals surface area contributed by atoms with Crippen LogP contribution in [-0.4, -0.2) is 20.2 Å². The monoisotopic (exact) mass is 281 g/mol. The molecule has 0 bridgehead atoms. The molecule has 0 atom stereocenters. The van der Waals surface area contributed by atoms with Gasteiger partial charge in [0, 0.05) is 6.20 Å². The number of aromatic amines is 1. The molecule has 5 nitrogen and oxygen atoms in total. The quantitative estimate of drug-likeness (QED) is 0.589. The summed E-state index contributed by atoms with van der Waals surface area (Å²) in [6.07, 6.45) is 3.57. The number of H-pyrrole nitrogens is 1. The Morgan fingerprint density at radius 2 is 2.25 bits per heavy atom. The first kappa shape index (κ1) is 11.4. The number of pyridine rings is 2. The number of hydrogen-bond acceptors (Lipinski definition) is 5. The summed E-state index contributed by atoms with van der Waals surface area (Å²) in [5, 5.41) is 13.5. The Hall–Kier alpha value is -2.47. The molecule has 2 N–H and O–H groups in total. The van der Waals surface area contributed by atoms with E-state index in [9.17, 15) is 0 Å².